The molecule has 0 aromatic heterocycles. The molecule has 0 radical (unpaired) electrons. The molecule has 0 aliphatic rings. The molecule has 2 amide bonds. The summed E-state index contributed by atoms with van der Waals surface area (Å²) < 4.78 is 36.5. The third kappa shape index (κ3) is 5.84. The minimum absolute atomic E-state index is 0.0180. The number of nitrogens with two attached hydrogens (primary N) is 1. The smallest absolute Gasteiger partial charge is 0.343 e. The molecule has 1 aromatic carbocycles. The SMILES string of the molecule is Cc1ccc(C(=O)NCC(F)(F)F)cc1NC(=O)[C@@H](N)C(C)(C)C. The average Bonchev–Trinajstić information content (AvgIpc) is 2.44. The van der Waals surface area contributed by atoms with Crippen LogP contribution in [-0.2, 0) is 4.79 Å². The van der Waals surface area contributed by atoms with Crippen LogP contribution in [0, 0.1) is 12.3 Å². The zero-order valence-electron chi connectivity index (χ0n) is 14.0. The van der Waals surface area contributed by atoms with Crippen LogP contribution < -0.4 is 16.4 Å². The molecule has 0 bridgehead atoms. The lowest BCUT2D eigenvalue weighted by molar-refractivity contribution is -0.123. The van der Waals surface area contributed by atoms with Gasteiger partial charge in [0.05, 0.1) is 6.04 Å². The number of aryl methyl sites for hydroxylation is 1. The van der Waals surface area contributed by atoms with Gasteiger partial charge in [0, 0.05) is 11.3 Å². The maximum absolute atomic E-state index is 12.2. The standard InChI is InChI=1S/C16H22F3N3O2/c1-9-5-6-10(13(23)21-8-16(17,18)19)7-11(9)22-14(24)12(20)15(2,3)4/h5-7,12H,8,20H2,1-4H3,(H,21,23)(H,22,24)/t12-/m1/s1. The number of carbonyl (C=O) groups is 2. The van der Waals surface area contributed by atoms with Crippen molar-refractivity contribution in [2.75, 3.05) is 11.9 Å². The first kappa shape index (κ1) is 20.0. The van der Waals surface area contributed by atoms with Crippen molar-refractivity contribution in [2.24, 2.45) is 11.1 Å². The summed E-state index contributed by atoms with van der Waals surface area (Å²) in [7, 11) is 0. The maximum Gasteiger partial charge on any atom is 0.405 e. The third-order valence-electron chi connectivity index (χ3n) is 3.42. The Hall–Kier alpha value is -2.09. The van der Waals surface area contributed by atoms with Gasteiger partial charge in [0.2, 0.25) is 5.91 Å². The summed E-state index contributed by atoms with van der Waals surface area (Å²) in [5.74, 6) is -1.30. The van der Waals surface area contributed by atoms with Crippen LogP contribution in [0.15, 0.2) is 18.2 Å². The minimum atomic E-state index is -4.49. The summed E-state index contributed by atoms with van der Waals surface area (Å²) in [6, 6.07) is 3.48. The Morgan fingerprint density at radius 2 is 1.79 bits per heavy atom. The highest BCUT2D eigenvalue weighted by atomic mass is 19.4. The number of halogens is 3. The van der Waals surface area contributed by atoms with Crippen LogP contribution in [0.4, 0.5) is 18.9 Å². The van der Waals surface area contributed by atoms with E-state index >= 15 is 0 Å². The Kier molecular flexibility index (Phi) is 5.99. The summed E-state index contributed by atoms with van der Waals surface area (Å²) in [6.45, 7) is 5.72. The van der Waals surface area contributed by atoms with E-state index in [0.29, 0.717) is 11.3 Å². The first-order valence-corrected chi connectivity index (χ1v) is 7.33. The Morgan fingerprint density at radius 1 is 1.21 bits per heavy atom. The van der Waals surface area contributed by atoms with E-state index < -0.39 is 36.0 Å². The van der Waals surface area contributed by atoms with Gasteiger partial charge in [-0.1, -0.05) is 26.8 Å². The van der Waals surface area contributed by atoms with E-state index in [2.05, 4.69) is 5.32 Å². The highest BCUT2D eigenvalue weighted by molar-refractivity contribution is 5.99. The van der Waals surface area contributed by atoms with Crippen molar-refractivity contribution in [3.8, 4) is 0 Å². The molecule has 1 atom stereocenters. The van der Waals surface area contributed by atoms with E-state index in [1.807, 2.05) is 20.8 Å². The van der Waals surface area contributed by atoms with Gasteiger partial charge in [-0.3, -0.25) is 9.59 Å². The van der Waals surface area contributed by atoms with Gasteiger partial charge in [-0.2, -0.15) is 13.2 Å². The molecular weight excluding hydrogens is 323 g/mol. The molecule has 0 fully saturated rings. The van der Waals surface area contributed by atoms with E-state index in [1.54, 1.807) is 18.3 Å². The zero-order chi connectivity index (χ0) is 18.7. The van der Waals surface area contributed by atoms with Gasteiger partial charge in [-0.05, 0) is 30.0 Å². The molecule has 0 saturated heterocycles. The molecule has 1 aromatic rings. The number of anilines is 1. The monoisotopic (exact) mass is 345 g/mol. The van der Waals surface area contributed by atoms with Crippen molar-refractivity contribution in [3.05, 3.63) is 29.3 Å². The van der Waals surface area contributed by atoms with E-state index in [4.69, 9.17) is 5.73 Å². The van der Waals surface area contributed by atoms with Crippen molar-refractivity contribution in [1.29, 1.82) is 0 Å². The van der Waals surface area contributed by atoms with Gasteiger partial charge in [-0.15, -0.1) is 0 Å². The van der Waals surface area contributed by atoms with Gasteiger partial charge in [0.1, 0.15) is 6.54 Å². The van der Waals surface area contributed by atoms with Crippen LogP contribution in [0.5, 0.6) is 0 Å². The number of carbonyl (C=O) groups excluding carboxylic acids is 2. The second-order valence-corrected chi connectivity index (χ2v) is 6.66. The highest BCUT2D eigenvalue weighted by Crippen LogP contribution is 2.22. The molecule has 1 rings (SSSR count). The Labute approximate surface area is 138 Å². The van der Waals surface area contributed by atoms with E-state index in [1.165, 1.54) is 12.1 Å². The number of hydrogen-bond acceptors (Lipinski definition) is 3. The largest absolute Gasteiger partial charge is 0.405 e. The fourth-order valence-electron chi connectivity index (χ4n) is 1.78. The highest BCUT2D eigenvalue weighted by Gasteiger charge is 2.29. The molecule has 0 aliphatic heterocycles. The van der Waals surface area contributed by atoms with Crippen LogP contribution >= 0.6 is 0 Å². The van der Waals surface area contributed by atoms with E-state index in [9.17, 15) is 22.8 Å². The number of rotatable bonds is 4. The average molecular weight is 345 g/mol. The summed E-state index contributed by atoms with van der Waals surface area (Å²) in [5.41, 5.74) is 6.43. The maximum atomic E-state index is 12.2. The van der Waals surface area contributed by atoms with Crippen LogP contribution in [0.1, 0.15) is 36.7 Å². The topological polar surface area (TPSA) is 84.2 Å². The molecule has 0 spiro atoms. The molecule has 0 aliphatic carbocycles. The second kappa shape index (κ2) is 7.21. The fourth-order valence-corrected chi connectivity index (χ4v) is 1.78. The molecule has 24 heavy (non-hydrogen) atoms. The summed E-state index contributed by atoms with van der Waals surface area (Å²) >= 11 is 0. The molecule has 4 N–H and O–H groups in total. The summed E-state index contributed by atoms with van der Waals surface area (Å²) in [5, 5.41) is 4.40. The van der Waals surface area contributed by atoms with Crippen LogP contribution in [0.3, 0.4) is 0 Å². The molecule has 134 valence electrons. The first-order valence-electron chi connectivity index (χ1n) is 7.33. The van der Waals surface area contributed by atoms with Crippen LogP contribution in [0.2, 0.25) is 0 Å². The van der Waals surface area contributed by atoms with Gasteiger partial charge < -0.3 is 16.4 Å². The lowest BCUT2D eigenvalue weighted by atomic mass is 9.87. The first-order chi connectivity index (χ1) is 10.8. The van der Waals surface area contributed by atoms with Gasteiger partial charge in [0.25, 0.3) is 5.91 Å². The normalized spacial score (nSPS) is 13.3. The van der Waals surface area contributed by atoms with E-state index in [0.717, 1.165) is 0 Å². The van der Waals surface area contributed by atoms with Gasteiger partial charge >= 0.3 is 6.18 Å². The predicted octanol–water partition coefficient (Wildman–Crippen LogP) is 2.60. The fraction of sp³-hybridized carbons (Fsp3) is 0.500. The number of benzene rings is 1. The van der Waals surface area contributed by atoms with Crippen LogP contribution in [0.25, 0.3) is 0 Å². The lowest BCUT2D eigenvalue weighted by Crippen LogP contribution is -2.45. The molecule has 0 unspecified atom stereocenters. The molecule has 0 heterocycles. The van der Waals surface area contributed by atoms with Crippen molar-refractivity contribution >= 4 is 17.5 Å². The third-order valence-corrected chi connectivity index (χ3v) is 3.42. The minimum Gasteiger partial charge on any atom is -0.343 e. The van der Waals surface area contributed by atoms with Crippen LogP contribution in [-0.4, -0.2) is 30.6 Å². The summed E-state index contributed by atoms with van der Waals surface area (Å²) in [6.07, 6.45) is -4.49. The Morgan fingerprint density at radius 3 is 2.29 bits per heavy atom. The Bertz CT molecular complexity index is 622. The number of hydrogen-bond donors (Lipinski definition) is 3. The molecule has 5 nitrogen and oxygen atoms in total. The quantitative estimate of drug-likeness (QED) is 0.784. The number of nitrogens with one attached hydrogen (secondary N) is 2. The van der Waals surface area contributed by atoms with Gasteiger partial charge in [-0.25, -0.2) is 0 Å². The van der Waals surface area contributed by atoms with Crippen molar-refractivity contribution < 1.29 is 22.8 Å². The van der Waals surface area contributed by atoms with Crippen molar-refractivity contribution in [1.82, 2.24) is 5.32 Å². The Balaban J connectivity index is 2.90. The number of alkyl halides is 3. The summed E-state index contributed by atoms with van der Waals surface area (Å²) in [4.78, 5) is 23.9. The second-order valence-electron chi connectivity index (χ2n) is 6.66. The van der Waals surface area contributed by atoms with Crippen molar-refractivity contribution in [3.63, 3.8) is 0 Å². The van der Waals surface area contributed by atoms with Crippen molar-refractivity contribution in [2.45, 2.75) is 39.9 Å². The zero-order valence-corrected chi connectivity index (χ0v) is 14.0. The van der Waals surface area contributed by atoms with E-state index in [-0.39, 0.29) is 5.56 Å². The molecule has 8 heteroatoms. The van der Waals surface area contributed by atoms with Gasteiger partial charge in [0.15, 0.2) is 0 Å². The molecular formula is C16H22F3N3O2. The number of amides is 2. The lowest BCUT2D eigenvalue weighted by Gasteiger charge is -2.26. The molecule has 0 saturated carbocycles. The predicted molar refractivity (Wildman–Crippen MR) is 85.6 cm³/mol.